The van der Waals surface area contributed by atoms with E-state index in [2.05, 4.69) is 10.6 Å². The quantitative estimate of drug-likeness (QED) is 0.631. The standard InChI is InChI=1S/C23H21ClN2O2/c24-21-12-6-17(7-13-21)14-15-25-22(27)19-8-10-20(11-9-19)23(28)26-16-18-4-2-1-3-5-18/h1-13H,14-16H2,(H,25,27)(H,26,28). The van der Waals surface area contributed by atoms with Gasteiger partial charge in [-0.1, -0.05) is 54.1 Å². The Morgan fingerprint density at radius 3 is 1.86 bits per heavy atom. The lowest BCUT2D eigenvalue weighted by Crippen LogP contribution is -2.26. The van der Waals surface area contributed by atoms with Crippen molar-refractivity contribution in [3.8, 4) is 0 Å². The summed E-state index contributed by atoms with van der Waals surface area (Å²) in [7, 11) is 0. The summed E-state index contributed by atoms with van der Waals surface area (Å²) in [6, 6.07) is 23.9. The van der Waals surface area contributed by atoms with Crippen LogP contribution in [-0.2, 0) is 13.0 Å². The SMILES string of the molecule is O=C(NCCc1ccc(Cl)cc1)c1ccc(C(=O)NCc2ccccc2)cc1. The van der Waals surface area contributed by atoms with Gasteiger partial charge in [-0.2, -0.15) is 0 Å². The number of carbonyl (C=O) groups is 2. The molecular weight excluding hydrogens is 372 g/mol. The molecule has 28 heavy (non-hydrogen) atoms. The van der Waals surface area contributed by atoms with Gasteiger partial charge in [0.05, 0.1) is 0 Å². The van der Waals surface area contributed by atoms with Crippen LogP contribution in [0, 0.1) is 0 Å². The largest absolute Gasteiger partial charge is 0.352 e. The fourth-order valence-corrected chi connectivity index (χ4v) is 2.85. The number of carbonyl (C=O) groups excluding carboxylic acids is 2. The normalized spacial score (nSPS) is 10.3. The van der Waals surface area contributed by atoms with Crippen molar-refractivity contribution < 1.29 is 9.59 Å². The van der Waals surface area contributed by atoms with Crippen molar-refractivity contribution in [3.63, 3.8) is 0 Å². The zero-order chi connectivity index (χ0) is 19.8. The van der Waals surface area contributed by atoms with Gasteiger partial charge in [-0.25, -0.2) is 0 Å². The maximum Gasteiger partial charge on any atom is 0.251 e. The zero-order valence-electron chi connectivity index (χ0n) is 15.3. The zero-order valence-corrected chi connectivity index (χ0v) is 16.1. The van der Waals surface area contributed by atoms with Crippen molar-refractivity contribution in [1.29, 1.82) is 0 Å². The number of hydrogen-bond donors (Lipinski definition) is 2. The average Bonchev–Trinajstić information content (AvgIpc) is 2.74. The first kappa shape index (κ1) is 19.6. The molecule has 3 aromatic rings. The van der Waals surface area contributed by atoms with Crippen LogP contribution in [0.5, 0.6) is 0 Å². The van der Waals surface area contributed by atoms with Gasteiger partial charge in [-0.3, -0.25) is 9.59 Å². The van der Waals surface area contributed by atoms with Crippen molar-refractivity contribution >= 4 is 23.4 Å². The lowest BCUT2D eigenvalue weighted by molar-refractivity contribution is 0.0940. The smallest absolute Gasteiger partial charge is 0.251 e. The number of rotatable bonds is 7. The van der Waals surface area contributed by atoms with Crippen LogP contribution in [0.25, 0.3) is 0 Å². The monoisotopic (exact) mass is 392 g/mol. The molecule has 2 amide bonds. The third-order valence-corrected chi connectivity index (χ3v) is 4.57. The van der Waals surface area contributed by atoms with E-state index < -0.39 is 0 Å². The molecule has 0 radical (unpaired) electrons. The van der Waals surface area contributed by atoms with Crippen LogP contribution >= 0.6 is 11.6 Å². The lowest BCUT2D eigenvalue weighted by atomic mass is 10.1. The molecule has 0 atom stereocenters. The maximum atomic E-state index is 12.2. The molecule has 0 aliphatic rings. The van der Waals surface area contributed by atoms with E-state index in [-0.39, 0.29) is 11.8 Å². The second kappa shape index (κ2) is 9.72. The summed E-state index contributed by atoms with van der Waals surface area (Å²) in [6.45, 7) is 0.992. The highest BCUT2D eigenvalue weighted by molar-refractivity contribution is 6.30. The van der Waals surface area contributed by atoms with Crippen molar-refractivity contribution in [3.05, 3.63) is 106 Å². The maximum absolute atomic E-state index is 12.2. The van der Waals surface area contributed by atoms with E-state index in [4.69, 9.17) is 11.6 Å². The molecule has 2 N–H and O–H groups in total. The summed E-state index contributed by atoms with van der Waals surface area (Å²) < 4.78 is 0. The van der Waals surface area contributed by atoms with Crippen molar-refractivity contribution in [1.82, 2.24) is 10.6 Å². The Kier molecular flexibility index (Phi) is 6.82. The van der Waals surface area contributed by atoms with Crippen LogP contribution in [0.2, 0.25) is 5.02 Å². The number of benzene rings is 3. The predicted octanol–water partition coefficient (Wildman–Crippen LogP) is 4.24. The minimum absolute atomic E-state index is 0.162. The van der Waals surface area contributed by atoms with Crippen LogP contribution in [0.4, 0.5) is 0 Å². The van der Waals surface area contributed by atoms with Gasteiger partial charge in [0.25, 0.3) is 11.8 Å². The van der Waals surface area contributed by atoms with E-state index in [1.165, 1.54) is 0 Å². The molecule has 5 heteroatoms. The Bertz CT molecular complexity index is 923. The van der Waals surface area contributed by atoms with Crippen LogP contribution in [0.3, 0.4) is 0 Å². The van der Waals surface area contributed by atoms with Gasteiger partial charge < -0.3 is 10.6 Å². The van der Waals surface area contributed by atoms with Crippen LogP contribution in [0.1, 0.15) is 31.8 Å². The van der Waals surface area contributed by atoms with E-state index in [0.717, 1.165) is 17.5 Å². The molecule has 0 unspecified atom stereocenters. The Labute approximate surface area is 169 Å². The predicted molar refractivity (Wildman–Crippen MR) is 112 cm³/mol. The molecule has 4 nitrogen and oxygen atoms in total. The van der Waals surface area contributed by atoms with Gasteiger partial charge >= 0.3 is 0 Å². The fraction of sp³-hybridized carbons (Fsp3) is 0.130. The summed E-state index contributed by atoms with van der Waals surface area (Å²) in [5.74, 6) is -0.330. The second-order valence-corrected chi connectivity index (χ2v) is 6.81. The van der Waals surface area contributed by atoms with Gasteiger partial charge in [0, 0.05) is 29.2 Å². The Hall–Kier alpha value is -3.11. The minimum Gasteiger partial charge on any atom is -0.352 e. The number of amides is 2. The van der Waals surface area contributed by atoms with Crippen LogP contribution in [-0.4, -0.2) is 18.4 Å². The summed E-state index contributed by atoms with van der Waals surface area (Å²) >= 11 is 5.86. The Balaban J connectivity index is 1.48. The van der Waals surface area contributed by atoms with Gasteiger partial charge in [-0.15, -0.1) is 0 Å². The van der Waals surface area contributed by atoms with Crippen molar-refractivity contribution in [2.75, 3.05) is 6.54 Å². The first-order valence-electron chi connectivity index (χ1n) is 9.06. The van der Waals surface area contributed by atoms with Crippen LogP contribution < -0.4 is 10.6 Å². The van der Waals surface area contributed by atoms with E-state index >= 15 is 0 Å². The molecule has 3 rings (SSSR count). The number of halogens is 1. The van der Waals surface area contributed by atoms with E-state index in [0.29, 0.717) is 29.2 Å². The highest BCUT2D eigenvalue weighted by atomic mass is 35.5. The molecule has 0 heterocycles. The summed E-state index contributed by atoms with van der Waals surface area (Å²) in [5, 5.41) is 6.45. The third-order valence-electron chi connectivity index (χ3n) is 4.32. The minimum atomic E-state index is -0.168. The van der Waals surface area contributed by atoms with Gasteiger partial charge in [0.2, 0.25) is 0 Å². The Morgan fingerprint density at radius 1 is 0.679 bits per heavy atom. The van der Waals surface area contributed by atoms with E-state index in [9.17, 15) is 9.59 Å². The summed E-state index contributed by atoms with van der Waals surface area (Å²) in [5.41, 5.74) is 3.19. The molecule has 142 valence electrons. The van der Waals surface area contributed by atoms with E-state index in [1.807, 2.05) is 54.6 Å². The third kappa shape index (κ3) is 5.69. The van der Waals surface area contributed by atoms with Crippen LogP contribution in [0.15, 0.2) is 78.9 Å². The fourth-order valence-electron chi connectivity index (χ4n) is 2.73. The lowest BCUT2D eigenvalue weighted by Gasteiger charge is -2.08. The Morgan fingerprint density at radius 2 is 1.25 bits per heavy atom. The van der Waals surface area contributed by atoms with Gasteiger partial charge in [0.1, 0.15) is 0 Å². The van der Waals surface area contributed by atoms with Crippen molar-refractivity contribution in [2.24, 2.45) is 0 Å². The molecule has 3 aromatic carbocycles. The summed E-state index contributed by atoms with van der Waals surface area (Å²) in [4.78, 5) is 24.5. The topological polar surface area (TPSA) is 58.2 Å². The number of nitrogens with one attached hydrogen (secondary N) is 2. The molecule has 0 aliphatic carbocycles. The average molecular weight is 393 g/mol. The highest BCUT2D eigenvalue weighted by Crippen LogP contribution is 2.10. The number of hydrogen-bond acceptors (Lipinski definition) is 2. The molecule has 0 aliphatic heterocycles. The first-order valence-corrected chi connectivity index (χ1v) is 9.44. The van der Waals surface area contributed by atoms with Gasteiger partial charge in [-0.05, 0) is 53.9 Å². The molecule has 0 fully saturated rings. The highest BCUT2D eigenvalue weighted by Gasteiger charge is 2.09. The van der Waals surface area contributed by atoms with Crippen molar-refractivity contribution in [2.45, 2.75) is 13.0 Å². The van der Waals surface area contributed by atoms with Gasteiger partial charge in [0.15, 0.2) is 0 Å². The molecule has 0 spiro atoms. The molecular formula is C23H21ClN2O2. The van der Waals surface area contributed by atoms with E-state index in [1.54, 1.807) is 24.3 Å². The second-order valence-electron chi connectivity index (χ2n) is 6.38. The molecule has 0 saturated heterocycles. The molecule has 0 bridgehead atoms. The first-order chi connectivity index (χ1) is 13.6. The molecule has 0 saturated carbocycles. The molecule has 0 aromatic heterocycles. The summed E-state index contributed by atoms with van der Waals surface area (Å²) in [6.07, 6.45) is 0.725.